The number of carbonyl (C=O) groups excluding carboxylic acids is 3. The molecule has 8 heteroatoms. The third-order valence-electron chi connectivity index (χ3n) is 5.56. The van der Waals surface area contributed by atoms with Gasteiger partial charge in [-0.15, -0.1) is 0 Å². The Morgan fingerprint density at radius 3 is 2.50 bits per heavy atom. The van der Waals surface area contributed by atoms with Crippen LogP contribution in [0.15, 0.2) is 54.6 Å². The standard InChI is InChI=1S/C24H30N4O4/c1-27(20-7-4-3-5-8-20)17-21-9-6-16-28(21)24(31)26-19-12-10-18(11-13-19)23(30)25-15-14-22(29)32-2/h3-5,7-8,10-13,21H,6,9,14-17H2,1-2H3,(H,25,30)(H,26,31). The Morgan fingerprint density at radius 2 is 1.81 bits per heavy atom. The van der Waals surface area contributed by atoms with Gasteiger partial charge >= 0.3 is 12.0 Å². The molecule has 0 saturated carbocycles. The molecule has 1 atom stereocenters. The van der Waals surface area contributed by atoms with Crippen molar-refractivity contribution in [2.75, 3.05) is 44.0 Å². The van der Waals surface area contributed by atoms with Gasteiger partial charge in [0.05, 0.1) is 19.6 Å². The van der Waals surface area contributed by atoms with E-state index in [0.29, 0.717) is 11.3 Å². The van der Waals surface area contributed by atoms with Crippen LogP contribution in [0.4, 0.5) is 16.2 Å². The van der Waals surface area contributed by atoms with E-state index >= 15 is 0 Å². The molecule has 3 rings (SSSR count). The minimum atomic E-state index is -0.376. The van der Waals surface area contributed by atoms with Gasteiger partial charge in [0.15, 0.2) is 0 Å². The number of methoxy groups -OCH3 is 1. The SMILES string of the molecule is COC(=O)CCNC(=O)c1ccc(NC(=O)N2CCCC2CN(C)c2ccccc2)cc1. The van der Waals surface area contributed by atoms with Crippen molar-refractivity contribution in [3.8, 4) is 0 Å². The average molecular weight is 439 g/mol. The fraction of sp³-hybridized carbons (Fsp3) is 0.375. The van der Waals surface area contributed by atoms with Crippen LogP contribution in [0.2, 0.25) is 0 Å². The number of urea groups is 1. The van der Waals surface area contributed by atoms with Gasteiger partial charge in [-0.25, -0.2) is 4.79 Å². The van der Waals surface area contributed by atoms with E-state index in [0.717, 1.165) is 31.6 Å². The lowest BCUT2D eigenvalue weighted by Gasteiger charge is -2.30. The maximum absolute atomic E-state index is 12.9. The summed E-state index contributed by atoms with van der Waals surface area (Å²) in [6, 6.07) is 16.8. The average Bonchev–Trinajstić information content (AvgIpc) is 3.28. The van der Waals surface area contributed by atoms with Crippen LogP contribution in [-0.4, -0.2) is 62.6 Å². The number of esters is 1. The van der Waals surface area contributed by atoms with Crippen molar-refractivity contribution in [3.63, 3.8) is 0 Å². The van der Waals surface area contributed by atoms with Crippen molar-refractivity contribution >= 4 is 29.3 Å². The van der Waals surface area contributed by atoms with E-state index in [4.69, 9.17) is 0 Å². The van der Waals surface area contributed by atoms with Gasteiger partial charge in [-0.05, 0) is 49.2 Å². The van der Waals surface area contributed by atoms with Crippen LogP contribution >= 0.6 is 0 Å². The zero-order valence-electron chi connectivity index (χ0n) is 18.5. The summed E-state index contributed by atoms with van der Waals surface area (Å²) in [5.74, 6) is -0.658. The molecule has 1 aliphatic rings. The van der Waals surface area contributed by atoms with Crippen molar-refractivity contribution in [1.29, 1.82) is 0 Å². The highest BCUT2D eigenvalue weighted by Crippen LogP contribution is 2.22. The second-order valence-corrected chi connectivity index (χ2v) is 7.80. The second-order valence-electron chi connectivity index (χ2n) is 7.80. The lowest BCUT2D eigenvalue weighted by Crippen LogP contribution is -2.44. The van der Waals surface area contributed by atoms with Crippen molar-refractivity contribution < 1.29 is 19.1 Å². The highest BCUT2D eigenvalue weighted by atomic mass is 16.5. The topological polar surface area (TPSA) is 91.0 Å². The Labute approximate surface area is 188 Å². The summed E-state index contributed by atoms with van der Waals surface area (Å²) in [6.45, 7) is 1.69. The molecule has 1 fully saturated rings. The molecule has 2 aromatic rings. The van der Waals surface area contributed by atoms with E-state index in [-0.39, 0.29) is 36.9 Å². The Balaban J connectivity index is 1.52. The molecule has 0 spiro atoms. The Bertz CT molecular complexity index is 917. The number of likely N-dealkylation sites (N-methyl/N-ethyl adjacent to an activating group) is 1. The summed E-state index contributed by atoms with van der Waals surface area (Å²) in [5, 5.41) is 5.60. The molecule has 1 unspecified atom stereocenters. The summed E-state index contributed by atoms with van der Waals surface area (Å²) in [7, 11) is 3.35. The van der Waals surface area contributed by atoms with Crippen LogP contribution in [-0.2, 0) is 9.53 Å². The zero-order valence-corrected chi connectivity index (χ0v) is 18.5. The van der Waals surface area contributed by atoms with E-state index in [9.17, 15) is 14.4 Å². The minimum absolute atomic E-state index is 0.118. The molecule has 3 amide bonds. The molecule has 1 heterocycles. The Hall–Kier alpha value is -3.55. The van der Waals surface area contributed by atoms with Gasteiger partial charge < -0.3 is 25.2 Å². The first-order valence-corrected chi connectivity index (χ1v) is 10.8. The van der Waals surface area contributed by atoms with Crippen molar-refractivity contribution in [1.82, 2.24) is 10.2 Å². The number of anilines is 2. The van der Waals surface area contributed by atoms with Gasteiger partial charge in [-0.3, -0.25) is 9.59 Å². The molecule has 1 saturated heterocycles. The van der Waals surface area contributed by atoms with Gasteiger partial charge in [-0.1, -0.05) is 18.2 Å². The molecule has 32 heavy (non-hydrogen) atoms. The monoisotopic (exact) mass is 438 g/mol. The summed E-state index contributed by atoms with van der Waals surface area (Å²) in [5.41, 5.74) is 2.21. The van der Waals surface area contributed by atoms with E-state index in [1.807, 2.05) is 30.1 Å². The maximum atomic E-state index is 12.9. The lowest BCUT2D eigenvalue weighted by molar-refractivity contribution is -0.140. The van der Waals surface area contributed by atoms with Crippen LogP contribution in [0.3, 0.4) is 0 Å². The smallest absolute Gasteiger partial charge is 0.322 e. The number of ether oxygens (including phenoxy) is 1. The van der Waals surface area contributed by atoms with Crippen LogP contribution in [0.1, 0.15) is 29.6 Å². The number of rotatable bonds is 8. The molecule has 0 aromatic heterocycles. The summed E-state index contributed by atoms with van der Waals surface area (Å²) < 4.78 is 4.55. The number of amides is 3. The van der Waals surface area contributed by atoms with E-state index in [2.05, 4.69) is 32.4 Å². The molecule has 0 radical (unpaired) electrons. The normalized spacial score (nSPS) is 15.2. The number of benzene rings is 2. The fourth-order valence-corrected chi connectivity index (χ4v) is 3.78. The van der Waals surface area contributed by atoms with Crippen molar-refractivity contribution in [2.45, 2.75) is 25.3 Å². The molecule has 1 aliphatic heterocycles. The lowest BCUT2D eigenvalue weighted by atomic mass is 10.2. The summed E-state index contributed by atoms with van der Waals surface area (Å²) in [6.07, 6.45) is 2.06. The van der Waals surface area contributed by atoms with Crippen LogP contribution < -0.4 is 15.5 Å². The first kappa shape index (κ1) is 23.1. The zero-order chi connectivity index (χ0) is 22.9. The van der Waals surface area contributed by atoms with Gasteiger partial charge in [0.2, 0.25) is 0 Å². The minimum Gasteiger partial charge on any atom is -0.469 e. The van der Waals surface area contributed by atoms with Crippen molar-refractivity contribution in [3.05, 3.63) is 60.2 Å². The van der Waals surface area contributed by atoms with E-state index in [1.165, 1.54) is 7.11 Å². The maximum Gasteiger partial charge on any atom is 0.322 e. The number of hydrogen-bond donors (Lipinski definition) is 2. The van der Waals surface area contributed by atoms with Crippen LogP contribution in [0.25, 0.3) is 0 Å². The second kappa shape index (κ2) is 11.2. The van der Waals surface area contributed by atoms with E-state index < -0.39 is 0 Å². The highest BCUT2D eigenvalue weighted by Gasteiger charge is 2.29. The van der Waals surface area contributed by atoms with Crippen LogP contribution in [0.5, 0.6) is 0 Å². The van der Waals surface area contributed by atoms with Gasteiger partial charge in [0.25, 0.3) is 5.91 Å². The van der Waals surface area contributed by atoms with Crippen molar-refractivity contribution in [2.24, 2.45) is 0 Å². The molecule has 170 valence electrons. The third kappa shape index (κ3) is 6.23. The number of hydrogen-bond acceptors (Lipinski definition) is 5. The fourth-order valence-electron chi connectivity index (χ4n) is 3.78. The molecule has 0 aliphatic carbocycles. The summed E-state index contributed by atoms with van der Waals surface area (Å²) >= 11 is 0. The number of para-hydroxylation sites is 1. The van der Waals surface area contributed by atoms with Gasteiger partial charge in [0.1, 0.15) is 0 Å². The molecule has 8 nitrogen and oxygen atoms in total. The predicted octanol–water partition coefficient (Wildman–Crippen LogP) is 3.11. The molecular formula is C24H30N4O4. The molecule has 2 N–H and O–H groups in total. The number of carbonyl (C=O) groups is 3. The Morgan fingerprint density at radius 1 is 1.09 bits per heavy atom. The first-order chi connectivity index (χ1) is 15.5. The van der Waals surface area contributed by atoms with E-state index in [1.54, 1.807) is 24.3 Å². The van der Waals surface area contributed by atoms with Gasteiger partial charge in [0, 0.05) is 43.6 Å². The Kier molecular flexibility index (Phi) is 8.08. The quantitative estimate of drug-likeness (QED) is 0.618. The molecular weight excluding hydrogens is 408 g/mol. The molecule has 2 aromatic carbocycles. The number of likely N-dealkylation sites (tertiary alicyclic amines) is 1. The number of nitrogens with one attached hydrogen (secondary N) is 2. The van der Waals surface area contributed by atoms with Gasteiger partial charge in [-0.2, -0.15) is 0 Å². The first-order valence-electron chi connectivity index (χ1n) is 10.8. The van der Waals surface area contributed by atoms with Crippen LogP contribution in [0, 0.1) is 0 Å². The predicted molar refractivity (Wildman–Crippen MR) is 124 cm³/mol. The highest BCUT2D eigenvalue weighted by molar-refractivity contribution is 5.95. The third-order valence-corrected chi connectivity index (χ3v) is 5.56. The summed E-state index contributed by atoms with van der Waals surface area (Å²) in [4.78, 5) is 40.2. The largest absolute Gasteiger partial charge is 0.469 e. The number of nitrogens with zero attached hydrogens (tertiary/aromatic N) is 2. The molecule has 0 bridgehead atoms.